The highest BCUT2D eigenvalue weighted by Crippen LogP contribution is 2.44. The van der Waals surface area contributed by atoms with Gasteiger partial charge in [-0.2, -0.15) is 4.98 Å². The molecule has 1 aromatic heterocycles. The first kappa shape index (κ1) is 18.7. The van der Waals surface area contributed by atoms with Gasteiger partial charge in [0.1, 0.15) is 0 Å². The minimum Gasteiger partial charge on any atom is -0.345 e. The molecule has 0 bridgehead atoms. The third-order valence-corrected chi connectivity index (χ3v) is 6.33. The summed E-state index contributed by atoms with van der Waals surface area (Å²) in [5, 5.41) is 3.94. The Labute approximate surface area is 164 Å². The molecule has 1 spiro atoms. The van der Waals surface area contributed by atoms with E-state index < -0.39 is 5.41 Å². The summed E-state index contributed by atoms with van der Waals surface area (Å²) in [5.41, 5.74) is 0.875. The van der Waals surface area contributed by atoms with E-state index in [9.17, 15) is 9.59 Å². The van der Waals surface area contributed by atoms with Gasteiger partial charge in [0.15, 0.2) is 0 Å². The minimum atomic E-state index is -0.455. The van der Waals surface area contributed by atoms with E-state index in [1.807, 2.05) is 42.0 Å². The van der Waals surface area contributed by atoms with Crippen molar-refractivity contribution in [3.05, 3.63) is 35.7 Å². The molecule has 7 heteroatoms. The van der Waals surface area contributed by atoms with Gasteiger partial charge in [-0.3, -0.25) is 9.59 Å². The van der Waals surface area contributed by atoms with Crippen LogP contribution in [0.15, 0.2) is 28.8 Å². The standard InChI is InChI=1S/C21H26N4O3/c1-14-21(9-5-11-24(3)20(21)27)10-6-12-25(14)19(26)17-8-4-7-16(13-17)18-22-15(2)28-23-18/h4,7-8,13-14H,5-6,9-12H2,1-3H3/t14-,21-/m0/s1. The Morgan fingerprint density at radius 1 is 1.25 bits per heavy atom. The average Bonchev–Trinajstić information content (AvgIpc) is 3.14. The lowest BCUT2D eigenvalue weighted by molar-refractivity contribution is -0.152. The van der Waals surface area contributed by atoms with Crippen LogP contribution in [0.25, 0.3) is 11.4 Å². The maximum Gasteiger partial charge on any atom is 0.254 e. The van der Waals surface area contributed by atoms with Crippen molar-refractivity contribution < 1.29 is 14.1 Å². The maximum atomic E-state index is 13.3. The summed E-state index contributed by atoms with van der Waals surface area (Å²) in [6.45, 7) is 5.23. The van der Waals surface area contributed by atoms with E-state index in [0.717, 1.165) is 37.8 Å². The van der Waals surface area contributed by atoms with Crippen LogP contribution in [0.3, 0.4) is 0 Å². The second kappa shape index (κ2) is 7.04. The molecule has 0 radical (unpaired) electrons. The predicted octanol–water partition coefficient (Wildman–Crippen LogP) is 2.91. The van der Waals surface area contributed by atoms with Crippen LogP contribution in [0.4, 0.5) is 0 Å². The number of carbonyl (C=O) groups excluding carboxylic acids is 2. The average molecular weight is 382 g/mol. The molecule has 2 aliphatic heterocycles. The monoisotopic (exact) mass is 382 g/mol. The summed E-state index contributed by atoms with van der Waals surface area (Å²) in [5.74, 6) is 1.09. The number of nitrogens with zero attached hydrogens (tertiary/aromatic N) is 4. The fourth-order valence-corrected chi connectivity index (χ4v) is 4.76. The smallest absolute Gasteiger partial charge is 0.254 e. The van der Waals surface area contributed by atoms with E-state index in [-0.39, 0.29) is 17.9 Å². The molecule has 0 unspecified atom stereocenters. The van der Waals surface area contributed by atoms with Crippen molar-refractivity contribution in [2.45, 2.75) is 45.6 Å². The lowest BCUT2D eigenvalue weighted by Crippen LogP contribution is -2.61. The number of benzene rings is 1. The molecule has 0 saturated carbocycles. The van der Waals surface area contributed by atoms with Gasteiger partial charge in [-0.25, -0.2) is 0 Å². The number of carbonyl (C=O) groups is 2. The Morgan fingerprint density at radius 2 is 2.00 bits per heavy atom. The van der Waals surface area contributed by atoms with Gasteiger partial charge in [0.05, 0.1) is 5.41 Å². The number of hydrogen-bond acceptors (Lipinski definition) is 5. The lowest BCUT2D eigenvalue weighted by Gasteiger charge is -2.51. The fourth-order valence-electron chi connectivity index (χ4n) is 4.76. The predicted molar refractivity (Wildman–Crippen MR) is 104 cm³/mol. The van der Waals surface area contributed by atoms with E-state index in [0.29, 0.717) is 23.8 Å². The first-order chi connectivity index (χ1) is 13.4. The third-order valence-electron chi connectivity index (χ3n) is 6.33. The van der Waals surface area contributed by atoms with Crippen molar-refractivity contribution in [3.8, 4) is 11.4 Å². The highest BCUT2D eigenvalue weighted by molar-refractivity contribution is 5.96. The van der Waals surface area contributed by atoms with Crippen LogP contribution in [-0.4, -0.2) is 57.9 Å². The molecule has 0 N–H and O–H groups in total. The molecule has 28 heavy (non-hydrogen) atoms. The highest BCUT2D eigenvalue weighted by Gasteiger charge is 2.51. The Balaban J connectivity index is 1.62. The van der Waals surface area contributed by atoms with Gasteiger partial charge in [0.25, 0.3) is 5.91 Å². The van der Waals surface area contributed by atoms with E-state index >= 15 is 0 Å². The molecule has 2 aliphatic rings. The summed E-state index contributed by atoms with van der Waals surface area (Å²) in [7, 11) is 1.87. The molecule has 2 amide bonds. The van der Waals surface area contributed by atoms with Crippen LogP contribution in [0.5, 0.6) is 0 Å². The number of hydrogen-bond donors (Lipinski definition) is 0. The number of aryl methyl sites for hydroxylation is 1. The Hall–Kier alpha value is -2.70. The van der Waals surface area contributed by atoms with E-state index in [1.54, 1.807) is 13.0 Å². The van der Waals surface area contributed by atoms with E-state index in [2.05, 4.69) is 10.1 Å². The van der Waals surface area contributed by atoms with Crippen molar-refractivity contribution in [3.63, 3.8) is 0 Å². The Bertz CT molecular complexity index is 905. The van der Waals surface area contributed by atoms with Crippen molar-refractivity contribution in [1.82, 2.24) is 19.9 Å². The molecule has 2 saturated heterocycles. The Morgan fingerprint density at radius 3 is 2.71 bits per heavy atom. The van der Waals surface area contributed by atoms with Gasteiger partial charge in [-0.05, 0) is 44.7 Å². The molecule has 0 aliphatic carbocycles. The number of amides is 2. The molecule has 2 atom stereocenters. The summed E-state index contributed by atoms with van der Waals surface area (Å²) in [6.07, 6.45) is 3.53. The zero-order valence-corrected chi connectivity index (χ0v) is 16.6. The van der Waals surface area contributed by atoms with Crippen molar-refractivity contribution in [2.24, 2.45) is 5.41 Å². The summed E-state index contributed by atoms with van der Waals surface area (Å²) < 4.78 is 5.05. The van der Waals surface area contributed by atoms with Crippen LogP contribution < -0.4 is 0 Å². The summed E-state index contributed by atoms with van der Waals surface area (Å²) in [6, 6.07) is 7.18. The second-order valence-electron chi connectivity index (χ2n) is 7.98. The topological polar surface area (TPSA) is 79.5 Å². The number of aromatic nitrogens is 2. The van der Waals surface area contributed by atoms with Crippen molar-refractivity contribution in [1.29, 1.82) is 0 Å². The van der Waals surface area contributed by atoms with Gasteiger partial charge in [-0.15, -0.1) is 0 Å². The summed E-state index contributed by atoms with van der Waals surface area (Å²) in [4.78, 5) is 34.3. The SMILES string of the molecule is Cc1nc(-c2cccc(C(=O)N3CCC[C@@]4(CCCN(C)C4=O)[C@@H]3C)c2)no1. The van der Waals surface area contributed by atoms with Crippen LogP contribution >= 0.6 is 0 Å². The van der Waals surface area contributed by atoms with Gasteiger partial charge >= 0.3 is 0 Å². The first-order valence-electron chi connectivity index (χ1n) is 9.90. The molecular formula is C21H26N4O3. The van der Waals surface area contributed by atoms with Gasteiger partial charge in [-0.1, -0.05) is 17.3 Å². The molecule has 148 valence electrons. The number of piperidine rings is 2. The fraction of sp³-hybridized carbons (Fsp3) is 0.524. The minimum absolute atomic E-state index is 0.0466. The molecule has 4 rings (SSSR count). The normalized spacial score (nSPS) is 25.4. The van der Waals surface area contributed by atoms with Crippen LogP contribution in [0.2, 0.25) is 0 Å². The summed E-state index contributed by atoms with van der Waals surface area (Å²) >= 11 is 0. The van der Waals surface area contributed by atoms with Crippen LogP contribution in [0.1, 0.15) is 48.9 Å². The van der Waals surface area contributed by atoms with E-state index in [4.69, 9.17) is 4.52 Å². The van der Waals surface area contributed by atoms with Gasteiger partial charge in [0, 0.05) is 44.2 Å². The van der Waals surface area contributed by atoms with Crippen LogP contribution in [0, 0.1) is 12.3 Å². The molecule has 1 aromatic carbocycles. The Kier molecular flexibility index (Phi) is 4.69. The largest absolute Gasteiger partial charge is 0.345 e. The van der Waals surface area contributed by atoms with Crippen molar-refractivity contribution in [2.75, 3.05) is 20.1 Å². The molecule has 2 aromatic rings. The lowest BCUT2D eigenvalue weighted by atomic mass is 9.68. The van der Waals surface area contributed by atoms with Crippen molar-refractivity contribution >= 4 is 11.8 Å². The highest BCUT2D eigenvalue weighted by atomic mass is 16.5. The molecule has 2 fully saturated rings. The number of rotatable bonds is 2. The third kappa shape index (κ3) is 2.99. The second-order valence-corrected chi connectivity index (χ2v) is 7.98. The zero-order chi connectivity index (χ0) is 19.9. The first-order valence-corrected chi connectivity index (χ1v) is 9.90. The van der Waals surface area contributed by atoms with Gasteiger partial charge < -0.3 is 14.3 Å². The number of likely N-dealkylation sites (tertiary alicyclic amines) is 2. The van der Waals surface area contributed by atoms with E-state index in [1.165, 1.54) is 0 Å². The molecule has 3 heterocycles. The molecular weight excluding hydrogens is 356 g/mol. The molecule has 7 nitrogen and oxygen atoms in total. The van der Waals surface area contributed by atoms with Crippen LogP contribution in [-0.2, 0) is 4.79 Å². The van der Waals surface area contributed by atoms with Gasteiger partial charge in [0.2, 0.25) is 17.6 Å². The quantitative estimate of drug-likeness (QED) is 0.798. The maximum absolute atomic E-state index is 13.3. The zero-order valence-electron chi connectivity index (χ0n) is 16.6.